The molecular formula is C25H25F2N2NaO2. The van der Waals surface area contributed by atoms with Crippen molar-refractivity contribution >= 4 is 12.2 Å². The van der Waals surface area contributed by atoms with Crippen molar-refractivity contribution in [3.05, 3.63) is 72.1 Å². The number of aromatic nitrogens is 2. The maximum Gasteiger partial charge on any atom is 1.00 e. The summed E-state index contributed by atoms with van der Waals surface area (Å²) in [6.07, 6.45) is 5.94. The Labute approximate surface area is 209 Å². The summed E-state index contributed by atoms with van der Waals surface area (Å²) in [7, 11) is 0. The van der Waals surface area contributed by atoms with Crippen LogP contribution < -0.4 is 34.7 Å². The van der Waals surface area contributed by atoms with Crippen LogP contribution in [0.15, 0.2) is 54.6 Å². The topological polar surface area (TPSA) is 58.0 Å². The van der Waals surface area contributed by atoms with E-state index in [0.29, 0.717) is 18.5 Å². The van der Waals surface area contributed by atoms with Crippen LogP contribution in [0.4, 0.5) is 8.78 Å². The van der Waals surface area contributed by atoms with Crippen LogP contribution in [0.5, 0.6) is 0 Å². The summed E-state index contributed by atoms with van der Waals surface area (Å²) in [5.74, 6) is -0.762. The van der Waals surface area contributed by atoms with E-state index in [9.17, 15) is 18.7 Å². The van der Waals surface area contributed by atoms with Crippen molar-refractivity contribution in [2.24, 2.45) is 0 Å². The molecule has 0 amide bonds. The van der Waals surface area contributed by atoms with Crippen molar-refractivity contribution in [2.45, 2.75) is 45.4 Å². The van der Waals surface area contributed by atoms with E-state index in [0.717, 1.165) is 29.1 Å². The maximum absolute atomic E-state index is 13.6. The van der Waals surface area contributed by atoms with Crippen molar-refractivity contribution in [1.29, 1.82) is 0 Å². The fraction of sp³-hybridized carbons (Fsp3) is 0.280. The number of carboxylic acids is 1. The van der Waals surface area contributed by atoms with Gasteiger partial charge in [-0.1, -0.05) is 19.9 Å². The number of allylic oxidation sites excluding steroid dienone is 1. The number of carbonyl (C=O) groups excluding carboxylic acids is 1. The quantitative estimate of drug-likeness (QED) is 0.375. The zero-order valence-electron chi connectivity index (χ0n) is 18.6. The average molecular weight is 446 g/mol. The number of imidazole rings is 1. The van der Waals surface area contributed by atoms with E-state index < -0.39 is 5.97 Å². The van der Waals surface area contributed by atoms with Gasteiger partial charge in [0, 0.05) is 29.2 Å². The van der Waals surface area contributed by atoms with Gasteiger partial charge in [0.25, 0.3) is 0 Å². The molecule has 1 aromatic heterocycles. The standard InChI is InChI=1S/C25H26F2N2O2.Na/c1-17(2)25-28-23(18-8-12-20(26)13-9-18)24(19-10-14-21(27)15-11-19)29(25)16-6-4-3-5-7-22(30)31;/h6,8-17H,3-5,7H2,1-2H3,(H,30,31);/q;+1/p-1/b16-6+;. The molecule has 0 bridgehead atoms. The van der Waals surface area contributed by atoms with Crippen molar-refractivity contribution < 1.29 is 48.2 Å². The number of nitrogens with zero attached hydrogens (tertiary/aromatic N) is 2. The molecule has 3 rings (SSSR count). The second-order valence-corrected chi connectivity index (χ2v) is 7.71. The molecule has 0 aliphatic heterocycles. The minimum Gasteiger partial charge on any atom is -0.550 e. The summed E-state index contributed by atoms with van der Waals surface area (Å²) < 4.78 is 29.0. The molecule has 0 atom stereocenters. The molecule has 32 heavy (non-hydrogen) atoms. The molecule has 0 N–H and O–H groups in total. The van der Waals surface area contributed by atoms with E-state index in [2.05, 4.69) is 0 Å². The number of halogens is 2. The molecule has 1 heterocycles. The Bertz CT molecular complexity index is 1060. The Morgan fingerprint density at radius 1 is 1.00 bits per heavy atom. The van der Waals surface area contributed by atoms with Gasteiger partial charge in [0.15, 0.2) is 0 Å². The smallest absolute Gasteiger partial charge is 0.550 e. The largest absolute Gasteiger partial charge is 1.00 e. The first kappa shape index (κ1) is 26.0. The first-order chi connectivity index (χ1) is 14.9. The third-order valence-corrected chi connectivity index (χ3v) is 4.95. The van der Waals surface area contributed by atoms with E-state index >= 15 is 0 Å². The predicted molar refractivity (Wildman–Crippen MR) is 116 cm³/mol. The van der Waals surface area contributed by atoms with Crippen LogP contribution in [0.2, 0.25) is 0 Å². The molecule has 0 unspecified atom stereocenters. The van der Waals surface area contributed by atoms with Crippen LogP contribution in [-0.2, 0) is 4.79 Å². The molecule has 7 heteroatoms. The number of hydrogen-bond donors (Lipinski definition) is 0. The van der Waals surface area contributed by atoms with E-state index in [1.54, 1.807) is 24.3 Å². The van der Waals surface area contributed by atoms with Crippen LogP contribution in [0.1, 0.15) is 51.3 Å². The third-order valence-electron chi connectivity index (χ3n) is 4.95. The molecule has 4 nitrogen and oxygen atoms in total. The summed E-state index contributed by atoms with van der Waals surface area (Å²) in [6.45, 7) is 4.07. The maximum atomic E-state index is 13.6. The fourth-order valence-corrected chi connectivity index (χ4v) is 3.41. The molecule has 0 fully saturated rings. The van der Waals surface area contributed by atoms with Gasteiger partial charge < -0.3 is 14.5 Å². The van der Waals surface area contributed by atoms with E-state index in [4.69, 9.17) is 4.98 Å². The monoisotopic (exact) mass is 446 g/mol. The summed E-state index contributed by atoms with van der Waals surface area (Å²) in [6, 6.07) is 12.4. The molecular weight excluding hydrogens is 421 g/mol. The van der Waals surface area contributed by atoms with Gasteiger partial charge in [-0.25, -0.2) is 13.8 Å². The van der Waals surface area contributed by atoms with Crippen molar-refractivity contribution in [1.82, 2.24) is 9.55 Å². The Morgan fingerprint density at radius 3 is 2.09 bits per heavy atom. The predicted octanol–water partition coefficient (Wildman–Crippen LogP) is 2.40. The summed E-state index contributed by atoms with van der Waals surface area (Å²) in [4.78, 5) is 15.4. The summed E-state index contributed by atoms with van der Waals surface area (Å²) in [5.41, 5.74) is 3.05. The van der Waals surface area contributed by atoms with Crippen molar-refractivity contribution in [2.75, 3.05) is 0 Å². The van der Waals surface area contributed by atoms with E-state index in [1.165, 1.54) is 24.3 Å². The van der Waals surface area contributed by atoms with Crippen LogP contribution in [0, 0.1) is 11.6 Å². The Kier molecular flexibility index (Phi) is 9.82. The van der Waals surface area contributed by atoms with E-state index in [1.807, 2.05) is 30.7 Å². The fourth-order valence-electron chi connectivity index (χ4n) is 3.41. The Balaban J connectivity index is 0.00000363. The number of unbranched alkanes of at least 4 members (excludes halogenated alkanes) is 2. The van der Waals surface area contributed by atoms with Crippen molar-refractivity contribution in [3.63, 3.8) is 0 Å². The Hall–Kier alpha value is -2.28. The van der Waals surface area contributed by atoms with Gasteiger partial charge in [-0.05, 0) is 74.2 Å². The number of aliphatic carboxylic acids is 1. The number of rotatable bonds is 9. The zero-order chi connectivity index (χ0) is 22.4. The molecule has 0 radical (unpaired) electrons. The first-order valence-corrected chi connectivity index (χ1v) is 10.4. The third kappa shape index (κ3) is 6.61. The second-order valence-electron chi connectivity index (χ2n) is 7.71. The molecule has 0 spiro atoms. The molecule has 0 aliphatic rings. The minimum absolute atomic E-state index is 0. The van der Waals surface area contributed by atoms with Gasteiger partial charge >= 0.3 is 29.6 Å². The second kappa shape index (κ2) is 12.1. The van der Waals surface area contributed by atoms with Gasteiger partial charge in [0.05, 0.1) is 11.4 Å². The minimum atomic E-state index is -1.04. The number of hydrogen-bond acceptors (Lipinski definition) is 3. The van der Waals surface area contributed by atoms with Crippen LogP contribution in [0.3, 0.4) is 0 Å². The van der Waals surface area contributed by atoms with Gasteiger partial charge in [0.2, 0.25) is 0 Å². The van der Waals surface area contributed by atoms with Crippen molar-refractivity contribution in [3.8, 4) is 22.5 Å². The van der Waals surface area contributed by atoms with Gasteiger partial charge in [0.1, 0.15) is 17.5 Å². The number of carboxylic acid groups (broad SMARTS) is 1. The molecule has 162 valence electrons. The Morgan fingerprint density at radius 2 is 1.56 bits per heavy atom. The molecule has 0 saturated heterocycles. The van der Waals surface area contributed by atoms with Gasteiger partial charge in [-0.15, -0.1) is 0 Å². The molecule has 3 aromatic rings. The normalized spacial score (nSPS) is 11.2. The molecule has 0 aliphatic carbocycles. The van der Waals surface area contributed by atoms with Crippen LogP contribution in [0.25, 0.3) is 28.7 Å². The zero-order valence-corrected chi connectivity index (χ0v) is 20.6. The number of benzene rings is 2. The van der Waals surface area contributed by atoms with Gasteiger partial charge in [-0.3, -0.25) is 0 Å². The van der Waals surface area contributed by atoms with Crippen LogP contribution in [-0.4, -0.2) is 15.5 Å². The SMILES string of the molecule is CC(C)c1nc(-c2ccc(F)cc2)c(-c2ccc(F)cc2)n1/C=C/CCCCC(=O)[O-].[Na+]. The van der Waals surface area contributed by atoms with Crippen LogP contribution >= 0.6 is 0 Å². The number of carbonyl (C=O) groups is 1. The van der Waals surface area contributed by atoms with Gasteiger partial charge in [-0.2, -0.15) is 0 Å². The summed E-state index contributed by atoms with van der Waals surface area (Å²) >= 11 is 0. The first-order valence-electron chi connectivity index (χ1n) is 10.4. The molecule has 0 saturated carbocycles. The molecule has 2 aromatic carbocycles. The van der Waals surface area contributed by atoms with E-state index in [-0.39, 0.29) is 53.5 Å². The summed E-state index contributed by atoms with van der Waals surface area (Å²) in [5, 5.41) is 10.6. The average Bonchev–Trinajstić information content (AvgIpc) is 3.11.